The Hall–Kier alpha value is -1.36. The summed E-state index contributed by atoms with van der Waals surface area (Å²) in [6.45, 7) is 8.17. The summed E-state index contributed by atoms with van der Waals surface area (Å²) in [4.78, 5) is 4.74. The minimum absolute atomic E-state index is 0.546. The number of furan rings is 1. The number of aliphatic hydroxyl groups is 1. The number of para-hydroxylation sites is 1. The van der Waals surface area contributed by atoms with Gasteiger partial charge in [-0.25, -0.2) is 0 Å². The minimum atomic E-state index is -0.546. The number of β-amino-alcohol motifs (C(OH)–C–C–N with tert-alkyl or cyclic N) is 1. The molecular formula is C16H22N2O2. The van der Waals surface area contributed by atoms with Crippen molar-refractivity contribution in [3.63, 3.8) is 0 Å². The van der Waals surface area contributed by atoms with Gasteiger partial charge in [-0.3, -0.25) is 4.90 Å². The molecule has 2 aromatic rings. The molecule has 4 heteroatoms. The summed E-state index contributed by atoms with van der Waals surface area (Å²) >= 11 is 0. The van der Waals surface area contributed by atoms with Gasteiger partial charge >= 0.3 is 0 Å². The predicted molar refractivity (Wildman–Crippen MR) is 79.7 cm³/mol. The largest absolute Gasteiger partial charge is 0.458 e. The van der Waals surface area contributed by atoms with Gasteiger partial charge in [-0.15, -0.1) is 0 Å². The molecule has 4 nitrogen and oxygen atoms in total. The van der Waals surface area contributed by atoms with Gasteiger partial charge in [-0.2, -0.15) is 0 Å². The maximum Gasteiger partial charge on any atom is 0.135 e. The summed E-state index contributed by atoms with van der Waals surface area (Å²) < 4.78 is 5.73. The molecule has 1 aromatic carbocycles. The van der Waals surface area contributed by atoms with Gasteiger partial charge in [0.15, 0.2) is 0 Å². The van der Waals surface area contributed by atoms with E-state index in [2.05, 4.69) is 16.7 Å². The van der Waals surface area contributed by atoms with Crippen molar-refractivity contribution in [3.05, 3.63) is 36.1 Å². The van der Waals surface area contributed by atoms with E-state index in [1.54, 1.807) is 0 Å². The van der Waals surface area contributed by atoms with Crippen molar-refractivity contribution in [2.45, 2.75) is 13.0 Å². The maximum atomic E-state index is 10.3. The van der Waals surface area contributed by atoms with E-state index in [0.29, 0.717) is 12.3 Å². The van der Waals surface area contributed by atoms with Gasteiger partial charge in [0, 0.05) is 38.1 Å². The Morgan fingerprint density at radius 3 is 2.55 bits per heavy atom. The number of aliphatic hydroxyl groups excluding tert-OH is 1. The van der Waals surface area contributed by atoms with E-state index in [1.807, 2.05) is 30.3 Å². The van der Waals surface area contributed by atoms with E-state index in [9.17, 15) is 5.11 Å². The quantitative estimate of drug-likeness (QED) is 0.927. The first-order chi connectivity index (χ1) is 9.76. The number of benzene rings is 1. The molecule has 1 unspecified atom stereocenters. The summed E-state index contributed by atoms with van der Waals surface area (Å²) in [5, 5.41) is 11.4. The van der Waals surface area contributed by atoms with E-state index >= 15 is 0 Å². The molecule has 1 aliphatic rings. The van der Waals surface area contributed by atoms with Crippen molar-refractivity contribution in [2.24, 2.45) is 0 Å². The van der Waals surface area contributed by atoms with Crippen LogP contribution in [0.25, 0.3) is 11.0 Å². The van der Waals surface area contributed by atoms with Crippen molar-refractivity contribution in [1.82, 2.24) is 9.80 Å². The number of nitrogens with zero attached hydrogens (tertiary/aromatic N) is 2. The third kappa shape index (κ3) is 2.87. The molecule has 1 aliphatic heterocycles. The van der Waals surface area contributed by atoms with Crippen molar-refractivity contribution in [2.75, 3.05) is 39.3 Å². The van der Waals surface area contributed by atoms with Gasteiger partial charge in [0.25, 0.3) is 0 Å². The zero-order valence-electron chi connectivity index (χ0n) is 12.0. The van der Waals surface area contributed by atoms with Gasteiger partial charge in [0.05, 0.1) is 0 Å². The van der Waals surface area contributed by atoms with Crippen LogP contribution in [0.5, 0.6) is 0 Å². The fourth-order valence-corrected chi connectivity index (χ4v) is 2.79. The van der Waals surface area contributed by atoms with Crippen LogP contribution in [0.15, 0.2) is 34.7 Å². The molecule has 1 atom stereocenters. The lowest BCUT2D eigenvalue weighted by molar-refractivity contribution is 0.0642. The standard InChI is InChI=1S/C16H22N2O2/c1-2-17-7-9-18(10-8-17)12-14(19)16-11-13-5-3-4-6-15(13)20-16/h3-6,11,14,19H,2,7-10,12H2,1H3. The number of fused-ring (bicyclic) bond motifs is 1. The van der Waals surface area contributed by atoms with Crippen LogP contribution in [0.4, 0.5) is 0 Å². The van der Waals surface area contributed by atoms with Crippen LogP contribution >= 0.6 is 0 Å². The van der Waals surface area contributed by atoms with Gasteiger partial charge in [0.1, 0.15) is 17.4 Å². The summed E-state index contributed by atoms with van der Waals surface area (Å²) in [6, 6.07) is 9.83. The van der Waals surface area contributed by atoms with Crippen molar-refractivity contribution < 1.29 is 9.52 Å². The van der Waals surface area contributed by atoms with Gasteiger partial charge < -0.3 is 14.4 Å². The van der Waals surface area contributed by atoms with E-state index in [1.165, 1.54) is 0 Å². The summed E-state index contributed by atoms with van der Waals surface area (Å²) in [5.41, 5.74) is 0.845. The number of hydrogen-bond donors (Lipinski definition) is 1. The second-order valence-corrected chi connectivity index (χ2v) is 5.44. The molecule has 1 saturated heterocycles. The number of likely N-dealkylation sites (N-methyl/N-ethyl adjacent to an activating group) is 1. The highest BCUT2D eigenvalue weighted by molar-refractivity contribution is 5.77. The Bertz CT molecular complexity index is 525. The highest BCUT2D eigenvalue weighted by Crippen LogP contribution is 2.24. The first-order valence-corrected chi connectivity index (χ1v) is 7.37. The second kappa shape index (κ2) is 5.95. The lowest BCUT2D eigenvalue weighted by Gasteiger charge is -2.34. The third-order valence-corrected chi connectivity index (χ3v) is 4.12. The van der Waals surface area contributed by atoms with E-state index in [-0.39, 0.29) is 0 Å². The van der Waals surface area contributed by atoms with Crippen LogP contribution in [0.1, 0.15) is 18.8 Å². The SMILES string of the molecule is CCN1CCN(CC(O)c2cc3ccccc3o2)CC1. The fourth-order valence-electron chi connectivity index (χ4n) is 2.79. The van der Waals surface area contributed by atoms with Crippen LogP contribution in [0.3, 0.4) is 0 Å². The zero-order chi connectivity index (χ0) is 13.9. The van der Waals surface area contributed by atoms with Gasteiger partial charge in [0.2, 0.25) is 0 Å². The Morgan fingerprint density at radius 1 is 1.15 bits per heavy atom. The van der Waals surface area contributed by atoms with Crippen LogP contribution in [-0.4, -0.2) is 54.2 Å². The van der Waals surface area contributed by atoms with E-state index in [0.717, 1.165) is 43.7 Å². The highest BCUT2D eigenvalue weighted by Gasteiger charge is 2.21. The molecule has 0 aliphatic carbocycles. The highest BCUT2D eigenvalue weighted by atomic mass is 16.4. The molecule has 2 heterocycles. The average Bonchev–Trinajstić information content (AvgIpc) is 2.92. The molecule has 108 valence electrons. The van der Waals surface area contributed by atoms with Gasteiger partial charge in [-0.1, -0.05) is 25.1 Å². The molecule has 1 N–H and O–H groups in total. The average molecular weight is 274 g/mol. The number of rotatable bonds is 4. The normalized spacial score (nSPS) is 19.5. The lowest BCUT2D eigenvalue weighted by atomic mass is 10.2. The van der Waals surface area contributed by atoms with Crippen LogP contribution in [-0.2, 0) is 0 Å². The molecule has 1 aromatic heterocycles. The molecule has 20 heavy (non-hydrogen) atoms. The molecule has 0 spiro atoms. The summed E-state index contributed by atoms with van der Waals surface area (Å²) in [5.74, 6) is 0.670. The van der Waals surface area contributed by atoms with Crippen molar-refractivity contribution in [3.8, 4) is 0 Å². The minimum Gasteiger partial charge on any atom is -0.458 e. The first-order valence-electron chi connectivity index (χ1n) is 7.37. The fraction of sp³-hybridized carbons (Fsp3) is 0.500. The van der Waals surface area contributed by atoms with E-state index < -0.39 is 6.10 Å². The summed E-state index contributed by atoms with van der Waals surface area (Å²) in [6.07, 6.45) is -0.546. The number of piperazine rings is 1. The molecule has 1 fully saturated rings. The molecule has 0 amide bonds. The van der Waals surface area contributed by atoms with Crippen molar-refractivity contribution in [1.29, 1.82) is 0 Å². The zero-order valence-corrected chi connectivity index (χ0v) is 12.0. The molecular weight excluding hydrogens is 252 g/mol. The molecule has 3 rings (SSSR count). The Labute approximate surface area is 119 Å². The van der Waals surface area contributed by atoms with Crippen LogP contribution < -0.4 is 0 Å². The topological polar surface area (TPSA) is 39.9 Å². The van der Waals surface area contributed by atoms with Crippen LogP contribution in [0.2, 0.25) is 0 Å². The predicted octanol–water partition coefficient (Wildman–Crippen LogP) is 2.10. The summed E-state index contributed by atoms with van der Waals surface area (Å²) in [7, 11) is 0. The molecule has 0 saturated carbocycles. The van der Waals surface area contributed by atoms with Crippen molar-refractivity contribution >= 4 is 11.0 Å². The van der Waals surface area contributed by atoms with E-state index in [4.69, 9.17) is 4.42 Å². The Balaban J connectivity index is 1.63. The van der Waals surface area contributed by atoms with Crippen LogP contribution in [0, 0.1) is 0 Å². The number of hydrogen-bond acceptors (Lipinski definition) is 4. The lowest BCUT2D eigenvalue weighted by Crippen LogP contribution is -2.47. The van der Waals surface area contributed by atoms with Gasteiger partial charge in [-0.05, 0) is 18.7 Å². The molecule has 0 radical (unpaired) electrons. The smallest absolute Gasteiger partial charge is 0.135 e. The second-order valence-electron chi connectivity index (χ2n) is 5.44. The Kier molecular flexibility index (Phi) is 4.05. The molecule has 0 bridgehead atoms. The third-order valence-electron chi connectivity index (χ3n) is 4.12. The monoisotopic (exact) mass is 274 g/mol. The Morgan fingerprint density at radius 2 is 1.85 bits per heavy atom. The maximum absolute atomic E-state index is 10.3. The first kappa shape index (κ1) is 13.6.